The number of carboxylic acid groups (broad SMARTS) is 1. The Balaban J connectivity index is 2.49. The molecule has 2 rings (SSSR count). The van der Waals surface area contributed by atoms with Crippen molar-refractivity contribution in [1.29, 1.82) is 0 Å². The van der Waals surface area contributed by atoms with Crippen LogP contribution in [0.15, 0.2) is 42.5 Å². The Morgan fingerprint density at radius 2 is 2.00 bits per heavy atom. The second-order valence-corrected chi connectivity index (χ2v) is 4.71. The van der Waals surface area contributed by atoms with Crippen molar-refractivity contribution in [3.8, 4) is 11.5 Å². The van der Waals surface area contributed by atoms with Crippen LogP contribution in [0.5, 0.6) is 11.5 Å². The van der Waals surface area contributed by atoms with Gasteiger partial charge in [-0.2, -0.15) is 0 Å². The first-order chi connectivity index (χ1) is 10.0. The van der Waals surface area contributed by atoms with Crippen molar-refractivity contribution in [1.82, 2.24) is 0 Å². The number of phenolic OH excluding ortho intramolecular Hbond substituents is 1. The van der Waals surface area contributed by atoms with E-state index in [4.69, 9.17) is 16.3 Å². The average molecular weight is 305 g/mol. The van der Waals surface area contributed by atoms with Crippen LogP contribution in [0.3, 0.4) is 0 Å². The van der Waals surface area contributed by atoms with Crippen LogP contribution in [0, 0.1) is 0 Å². The molecule has 0 saturated carbocycles. The van der Waals surface area contributed by atoms with E-state index in [2.05, 4.69) is 0 Å². The Hall–Kier alpha value is -2.46. The molecule has 0 amide bonds. The highest BCUT2D eigenvalue weighted by atomic mass is 35.5. The average Bonchev–Trinajstić information content (AvgIpc) is 2.44. The van der Waals surface area contributed by atoms with Gasteiger partial charge in [0.25, 0.3) is 0 Å². The van der Waals surface area contributed by atoms with Crippen LogP contribution in [0.25, 0.3) is 11.6 Å². The molecular formula is C16H13ClO4. The van der Waals surface area contributed by atoms with Crippen molar-refractivity contribution in [2.75, 3.05) is 7.11 Å². The van der Waals surface area contributed by atoms with Crippen molar-refractivity contribution in [2.24, 2.45) is 0 Å². The lowest BCUT2D eigenvalue weighted by molar-refractivity contribution is -0.130. The highest BCUT2D eigenvalue weighted by Crippen LogP contribution is 2.29. The summed E-state index contributed by atoms with van der Waals surface area (Å²) in [6.45, 7) is 0. The first kappa shape index (κ1) is 14.9. The zero-order valence-electron chi connectivity index (χ0n) is 11.2. The van der Waals surface area contributed by atoms with Gasteiger partial charge in [-0.25, -0.2) is 4.79 Å². The number of carbonyl (C=O) groups is 1. The lowest BCUT2D eigenvalue weighted by Crippen LogP contribution is -2.00. The molecule has 5 heteroatoms. The molecule has 0 aromatic heterocycles. The number of ether oxygens (including phenoxy) is 1. The summed E-state index contributed by atoms with van der Waals surface area (Å²) in [6, 6.07) is 11.1. The molecule has 2 N–H and O–H groups in total. The van der Waals surface area contributed by atoms with Gasteiger partial charge in [0.1, 0.15) is 11.5 Å². The van der Waals surface area contributed by atoms with E-state index in [0.717, 1.165) is 0 Å². The zero-order chi connectivity index (χ0) is 15.4. The van der Waals surface area contributed by atoms with Gasteiger partial charge in [0.05, 0.1) is 17.7 Å². The number of phenols is 1. The minimum Gasteiger partial charge on any atom is -0.508 e. The van der Waals surface area contributed by atoms with E-state index in [1.807, 2.05) is 0 Å². The van der Waals surface area contributed by atoms with E-state index < -0.39 is 5.97 Å². The summed E-state index contributed by atoms with van der Waals surface area (Å²) in [5.41, 5.74) is 1.11. The fraction of sp³-hybridized carbons (Fsp3) is 0.0625. The quantitative estimate of drug-likeness (QED) is 0.668. The number of hydrogen-bond acceptors (Lipinski definition) is 3. The lowest BCUT2D eigenvalue weighted by atomic mass is 10.0. The van der Waals surface area contributed by atoms with E-state index in [0.29, 0.717) is 21.9 Å². The van der Waals surface area contributed by atoms with Crippen molar-refractivity contribution >= 4 is 29.2 Å². The Kier molecular flexibility index (Phi) is 4.50. The van der Waals surface area contributed by atoms with Gasteiger partial charge in [-0.1, -0.05) is 29.8 Å². The van der Waals surface area contributed by atoms with Crippen LogP contribution in [-0.4, -0.2) is 23.3 Å². The van der Waals surface area contributed by atoms with Gasteiger partial charge < -0.3 is 14.9 Å². The molecule has 0 aliphatic heterocycles. The molecule has 0 heterocycles. The zero-order valence-corrected chi connectivity index (χ0v) is 12.0. The second kappa shape index (κ2) is 6.33. The highest BCUT2D eigenvalue weighted by Gasteiger charge is 2.13. The number of aliphatic carboxylic acids is 1. The standard InChI is InChI=1S/C16H13ClO4/c1-21-15-6-5-11(9-14(15)17)13(16(19)20)8-10-3-2-4-12(18)7-10/h2-9,18H,1H3,(H,19,20)/b13-8-. The molecule has 0 aliphatic carbocycles. The Morgan fingerprint density at radius 1 is 1.24 bits per heavy atom. The fourth-order valence-electron chi connectivity index (χ4n) is 1.88. The first-order valence-corrected chi connectivity index (χ1v) is 6.47. The monoisotopic (exact) mass is 304 g/mol. The maximum atomic E-state index is 11.4. The fourth-order valence-corrected chi connectivity index (χ4v) is 2.14. The number of carboxylic acids is 1. The van der Waals surface area contributed by atoms with Crippen molar-refractivity contribution in [2.45, 2.75) is 0 Å². The van der Waals surface area contributed by atoms with Crippen molar-refractivity contribution in [3.63, 3.8) is 0 Å². The predicted molar refractivity (Wildman–Crippen MR) is 81.6 cm³/mol. The van der Waals surface area contributed by atoms with Gasteiger partial charge in [-0.05, 0) is 41.5 Å². The summed E-state index contributed by atoms with van der Waals surface area (Å²) < 4.78 is 5.04. The van der Waals surface area contributed by atoms with Crippen molar-refractivity contribution in [3.05, 3.63) is 58.6 Å². The number of hydrogen-bond donors (Lipinski definition) is 2. The summed E-state index contributed by atoms with van der Waals surface area (Å²) in [4.78, 5) is 11.4. The molecule has 0 bridgehead atoms. The van der Waals surface area contributed by atoms with Crippen LogP contribution < -0.4 is 4.74 Å². The molecule has 0 atom stereocenters. The van der Waals surface area contributed by atoms with E-state index in [9.17, 15) is 15.0 Å². The number of rotatable bonds is 4. The minimum atomic E-state index is -1.08. The lowest BCUT2D eigenvalue weighted by Gasteiger charge is -2.07. The van der Waals surface area contributed by atoms with Gasteiger partial charge in [0.2, 0.25) is 0 Å². The molecular weight excluding hydrogens is 292 g/mol. The topological polar surface area (TPSA) is 66.8 Å². The van der Waals surface area contributed by atoms with Gasteiger partial charge in [-0.3, -0.25) is 0 Å². The predicted octanol–water partition coefficient (Wildman–Crippen LogP) is 3.68. The molecule has 108 valence electrons. The van der Waals surface area contributed by atoms with E-state index in [-0.39, 0.29) is 11.3 Å². The normalized spacial score (nSPS) is 11.2. The van der Waals surface area contributed by atoms with Gasteiger partial charge in [0, 0.05) is 0 Å². The Morgan fingerprint density at radius 3 is 2.57 bits per heavy atom. The van der Waals surface area contributed by atoms with Crippen molar-refractivity contribution < 1.29 is 19.7 Å². The van der Waals surface area contributed by atoms with Gasteiger partial charge >= 0.3 is 5.97 Å². The van der Waals surface area contributed by atoms with E-state index in [1.165, 1.54) is 31.4 Å². The molecule has 0 spiro atoms. The largest absolute Gasteiger partial charge is 0.508 e. The Bertz CT molecular complexity index is 707. The molecule has 2 aromatic carbocycles. The summed E-state index contributed by atoms with van der Waals surface area (Å²) in [6.07, 6.45) is 1.47. The van der Waals surface area contributed by atoms with Crippen LogP contribution >= 0.6 is 11.6 Å². The summed E-state index contributed by atoms with van der Waals surface area (Å²) in [5, 5.41) is 19.1. The van der Waals surface area contributed by atoms with Crippen LogP contribution in [0.4, 0.5) is 0 Å². The molecule has 0 radical (unpaired) electrons. The molecule has 4 nitrogen and oxygen atoms in total. The van der Waals surface area contributed by atoms with Crippen LogP contribution in [0.2, 0.25) is 5.02 Å². The molecule has 21 heavy (non-hydrogen) atoms. The molecule has 2 aromatic rings. The molecule has 0 aliphatic rings. The van der Waals surface area contributed by atoms with E-state index in [1.54, 1.807) is 24.3 Å². The smallest absolute Gasteiger partial charge is 0.336 e. The molecule has 0 unspecified atom stereocenters. The van der Waals surface area contributed by atoms with E-state index >= 15 is 0 Å². The third-order valence-electron chi connectivity index (χ3n) is 2.87. The third kappa shape index (κ3) is 3.55. The van der Waals surface area contributed by atoms with Crippen LogP contribution in [0.1, 0.15) is 11.1 Å². The maximum absolute atomic E-state index is 11.4. The van der Waals surface area contributed by atoms with Gasteiger partial charge in [-0.15, -0.1) is 0 Å². The molecule has 0 saturated heterocycles. The minimum absolute atomic E-state index is 0.0706. The number of benzene rings is 2. The Labute approximate surface area is 126 Å². The maximum Gasteiger partial charge on any atom is 0.336 e. The SMILES string of the molecule is COc1ccc(/C(=C/c2cccc(O)c2)C(=O)O)cc1Cl. The van der Waals surface area contributed by atoms with Gasteiger partial charge in [0.15, 0.2) is 0 Å². The van der Waals surface area contributed by atoms with Crippen LogP contribution in [-0.2, 0) is 4.79 Å². The first-order valence-electron chi connectivity index (χ1n) is 6.09. The summed E-state index contributed by atoms with van der Waals surface area (Å²) in [7, 11) is 1.49. The second-order valence-electron chi connectivity index (χ2n) is 4.31. The number of methoxy groups -OCH3 is 1. The summed E-state index contributed by atoms with van der Waals surface area (Å²) >= 11 is 6.02. The highest BCUT2D eigenvalue weighted by molar-refractivity contribution is 6.32. The summed E-state index contributed by atoms with van der Waals surface area (Å²) in [5.74, 6) is -0.539. The molecule has 0 fully saturated rings. The number of halogens is 1. The third-order valence-corrected chi connectivity index (χ3v) is 3.17. The number of aromatic hydroxyl groups is 1.